The van der Waals surface area contributed by atoms with Crippen LogP contribution in [-0.4, -0.2) is 41.4 Å². The highest BCUT2D eigenvalue weighted by molar-refractivity contribution is 7.15. The van der Waals surface area contributed by atoms with Gasteiger partial charge in [0, 0.05) is 11.1 Å². The van der Waals surface area contributed by atoms with E-state index in [1.54, 1.807) is 12.1 Å². The van der Waals surface area contributed by atoms with Crippen LogP contribution in [-0.2, 0) is 11.2 Å². The third kappa shape index (κ3) is 7.97. The van der Waals surface area contributed by atoms with E-state index in [0.29, 0.717) is 40.2 Å². The number of para-hydroxylation sites is 2. The van der Waals surface area contributed by atoms with Gasteiger partial charge < -0.3 is 9.47 Å². The molecular formula is C27H25N5O4S. The van der Waals surface area contributed by atoms with Crippen LogP contribution in [0.15, 0.2) is 84.0 Å². The standard InChI is InChI=1S/C27H25N5O4S/c1-19-11-13-20(14-12-19)26(34)29-27-32-31-25(37-27)17-24(33)30-28-18-21-7-5-6-10-23(21)36-16-15-35-22-8-3-2-4-9-22/h2-14,18H,15-17H2,1H3,(H,30,33)(H,29,32,34)/b28-18+. The zero-order valence-electron chi connectivity index (χ0n) is 20.1. The zero-order valence-corrected chi connectivity index (χ0v) is 20.9. The van der Waals surface area contributed by atoms with Crippen LogP contribution < -0.4 is 20.2 Å². The summed E-state index contributed by atoms with van der Waals surface area (Å²) in [5.74, 6) is 0.748. The quantitative estimate of drug-likeness (QED) is 0.175. The van der Waals surface area contributed by atoms with Crippen molar-refractivity contribution in [3.63, 3.8) is 0 Å². The fourth-order valence-corrected chi connectivity index (χ4v) is 3.88. The minimum Gasteiger partial charge on any atom is -0.490 e. The Bertz CT molecular complexity index is 1360. The SMILES string of the molecule is Cc1ccc(C(=O)Nc2nnc(CC(=O)N/N=C/c3ccccc3OCCOc3ccccc3)s2)cc1. The van der Waals surface area contributed by atoms with Gasteiger partial charge in [-0.3, -0.25) is 14.9 Å². The molecule has 0 aliphatic rings. The molecule has 9 nitrogen and oxygen atoms in total. The maximum atomic E-state index is 12.3. The van der Waals surface area contributed by atoms with Crippen LogP contribution in [0.1, 0.15) is 26.5 Å². The minimum atomic E-state index is -0.363. The van der Waals surface area contributed by atoms with E-state index in [0.717, 1.165) is 22.6 Å². The molecule has 4 rings (SSSR count). The van der Waals surface area contributed by atoms with Gasteiger partial charge in [-0.1, -0.05) is 59.4 Å². The van der Waals surface area contributed by atoms with Gasteiger partial charge >= 0.3 is 0 Å². The minimum absolute atomic E-state index is 0.0234. The smallest absolute Gasteiger partial charge is 0.257 e. The number of rotatable bonds is 11. The lowest BCUT2D eigenvalue weighted by Gasteiger charge is -2.10. The summed E-state index contributed by atoms with van der Waals surface area (Å²) >= 11 is 1.13. The number of nitrogens with one attached hydrogen (secondary N) is 2. The first-order valence-corrected chi connectivity index (χ1v) is 12.3. The van der Waals surface area contributed by atoms with Gasteiger partial charge in [-0.25, -0.2) is 5.43 Å². The summed E-state index contributed by atoms with van der Waals surface area (Å²) in [6, 6.07) is 24.0. The number of nitrogens with zero attached hydrogens (tertiary/aromatic N) is 3. The molecule has 1 heterocycles. The molecule has 10 heteroatoms. The number of aryl methyl sites for hydroxylation is 1. The number of hydrogen-bond acceptors (Lipinski definition) is 8. The topological polar surface area (TPSA) is 115 Å². The van der Waals surface area contributed by atoms with Crippen molar-refractivity contribution in [2.45, 2.75) is 13.3 Å². The zero-order chi connectivity index (χ0) is 25.9. The molecule has 0 fully saturated rings. The van der Waals surface area contributed by atoms with E-state index in [4.69, 9.17) is 9.47 Å². The maximum Gasteiger partial charge on any atom is 0.257 e. The predicted octanol–water partition coefficient (Wildman–Crippen LogP) is 4.25. The van der Waals surface area contributed by atoms with Crippen LogP contribution in [0.3, 0.4) is 0 Å². The van der Waals surface area contributed by atoms with E-state index in [2.05, 4.69) is 26.0 Å². The summed E-state index contributed by atoms with van der Waals surface area (Å²) in [6.45, 7) is 2.69. The van der Waals surface area contributed by atoms with Crippen LogP contribution >= 0.6 is 11.3 Å². The van der Waals surface area contributed by atoms with Crippen LogP contribution in [0.5, 0.6) is 11.5 Å². The summed E-state index contributed by atoms with van der Waals surface area (Å²) in [6.07, 6.45) is 1.49. The molecule has 0 saturated carbocycles. The molecule has 0 aliphatic heterocycles. The number of carbonyl (C=O) groups is 2. The molecular weight excluding hydrogens is 490 g/mol. The molecule has 1 aromatic heterocycles. The monoisotopic (exact) mass is 515 g/mol. The Balaban J connectivity index is 1.23. The van der Waals surface area contributed by atoms with Crippen LogP contribution in [0.4, 0.5) is 5.13 Å². The van der Waals surface area contributed by atoms with Gasteiger partial charge in [-0.15, -0.1) is 10.2 Å². The first-order valence-electron chi connectivity index (χ1n) is 11.5. The van der Waals surface area contributed by atoms with Crippen LogP contribution in [0.2, 0.25) is 0 Å². The summed E-state index contributed by atoms with van der Waals surface area (Å²) in [5, 5.41) is 15.4. The maximum absolute atomic E-state index is 12.3. The van der Waals surface area contributed by atoms with E-state index < -0.39 is 0 Å². The van der Waals surface area contributed by atoms with Crippen molar-refractivity contribution in [1.29, 1.82) is 0 Å². The fraction of sp³-hybridized carbons (Fsp3) is 0.148. The fourth-order valence-electron chi connectivity index (χ4n) is 3.15. The second-order valence-electron chi connectivity index (χ2n) is 7.84. The summed E-state index contributed by atoms with van der Waals surface area (Å²) in [7, 11) is 0. The summed E-state index contributed by atoms with van der Waals surface area (Å²) in [5.41, 5.74) is 4.77. The highest BCUT2D eigenvalue weighted by Crippen LogP contribution is 2.18. The van der Waals surface area contributed by atoms with E-state index in [1.807, 2.05) is 73.7 Å². The largest absolute Gasteiger partial charge is 0.490 e. The Kier molecular flexibility index (Phi) is 8.92. The van der Waals surface area contributed by atoms with Crippen molar-refractivity contribution in [2.75, 3.05) is 18.5 Å². The molecule has 3 aromatic carbocycles. The van der Waals surface area contributed by atoms with Crippen molar-refractivity contribution >= 4 is 34.5 Å². The number of ether oxygens (including phenoxy) is 2. The summed E-state index contributed by atoms with van der Waals surface area (Å²) < 4.78 is 11.4. The first kappa shape index (κ1) is 25.5. The molecule has 188 valence electrons. The Hall–Kier alpha value is -4.57. The van der Waals surface area contributed by atoms with E-state index in [9.17, 15) is 9.59 Å². The number of amides is 2. The van der Waals surface area contributed by atoms with Crippen molar-refractivity contribution in [3.05, 3.63) is 101 Å². The van der Waals surface area contributed by atoms with Gasteiger partial charge in [-0.05, 0) is 43.3 Å². The molecule has 0 spiro atoms. The van der Waals surface area contributed by atoms with Crippen molar-refractivity contribution in [1.82, 2.24) is 15.6 Å². The van der Waals surface area contributed by atoms with Crippen molar-refractivity contribution in [3.8, 4) is 11.5 Å². The lowest BCUT2D eigenvalue weighted by molar-refractivity contribution is -0.120. The van der Waals surface area contributed by atoms with Gasteiger partial charge in [0.25, 0.3) is 5.91 Å². The molecule has 0 atom stereocenters. The Morgan fingerprint density at radius 1 is 0.919 bits per heavy atom. The predicted molar refractivity (Wildman–Crippen MR) is 142 cm³/mol. The molecule has 0 radical (unpaired) electrons. The third-order valence-electron chi connectivity index (χ3n) is 4.98. The third-order valence-corrected chi connectivity index (χ3v) is 5.82. The van der Waals surface area contributed by atoms with E-state index in [1.165, 1.54) is 6.21 Å². The van der Waals surface area contributed by atoms with Crippen LogP contribution in [0.25, 0.3) is 0 Å². The lowest BCUT2D eigenvalue weighted by atomic mass is 10.1. The van der Waals surface area contributed by atoms with Gasteiger partial charge in [0.1, 0.15) is 29.7 Å². The average Bonchev–Trinajstić information content (AvgIpc) is 3.34. The van der Waals surface area contributed by atoms with E-state index in [-0.39, 0.29) is 18.2 Å². The molecule has 0 aliphatic carbocycles. The Morgan fingerprint density at radius 2 is 1.65 bits per heavy atom. The van der Waals surface area contributed by atoms with Gasteiger partial charge in [-0.2, -0.15) is 5.10 Å². The van der Waals surface area contributed by atoms with Crippen molar-refractivity contribution < 1.29 is 19.1 Å². The lowest BCUT2D eigenvalue weighted by Crippen LogP contribution is -2.19. The van der Waals surface area contributed by atoms with Crippen LogP contribution in [0, 0.1) is 6.92 Å². The molecule has 2 N–H and O–H groups in total. The molecule has 0 saturated heterocycles. The van der Waals surface area contributed by atoms with E-state index >= 15 is 0 Å². The van der Waals surface area contributed by atoms with Gasteiger partial charge in [0.05, 0.1) is 12.6 Å². The van der Waals surface area contributed by atoms with Gasteiger partial charge in [0.15, 0.2) is 0 Å². The number of aromatic nitrogens is 2. The highest BCUT2D eigenvalue weighted by atomic mass is 32.1. The molecule has 37 heavy (non-hydrogen) atoms. The Morgan fingerprint density at radius 3 is 2.46 bits per heavy atom. The summed E-state index contributed by atoms with van der Waals surface area (Å²) in [4.78, 5) is 24.6. The van der Waals surface area contributed by atoms with Crippen molar-refractivity contribution in [2.24, 2.45) is 5.10 Å². The average molecular weight is 516 g/mol. The number of benzene rings is 3. The normalized spacial score (nSPS) is 10.7. The molecule has 2 amide bonds. The highest BCUT2D eigenvalue weighted by Gasteiger charge is 2.12. The number of anilines is 1. The first-order chi connectivity index (χ1) is 18.1. The molecule has 4 aromatic rings. The second-order valence-corrected chi connectivity index (χ2v) is 8.90. The Labute approximate surface area is 218 Å². The second kappa shape index (κ2) is 12.9. The van der Waals surface area contributed by atoms with Gasteiger partial charge in [0.2, 0.25) is 11.0 Å². The number of hydrazone groups is 1. The number of carbonyl (C=O) groups excluding carboxylic acids is 2. The number of hydrogen-bond donors (Lipinski definition) is 2. The molecule has 0 bridgehead atoms. The molecule has 0 unspecified atom stereocenters.